The standard InChI is InChI=1S/C12H19N3O2/c1-2-3-4-5-6-9-7-8-10(13)11(14)12(9)15(16)17/h7-8H,2-6,13-14H2,1H3. The van der Waals surface area contributed by atoms with Crippen molar-refractivity contribution < 1.29 is 4.92 Å². The Morgan fingerprint density at radius 1 is 1.24 bits per heavy atom. The van der Waals surface area contributed by atoms with Crippen LogP contribution in [-0.2, 0) is 6.42 Å². The number of unbranched alkanes of at least 4 members (excludes halogenated alkanes) is 3. The highest BCUT2D eigenvalue weighted by Gasteiger charge is 2.19. The Kier molecular flexibility index (Phi) is 4.75. The van der Waals surface area contributed by atoms with Crippen LogP contribution in [0.2, 0.25) is 0 Å². The van der Waals surface area contributed by atoms with Gasteiger partial charge in [-0.3, -0.25) is 10.1 Å². The number of nitrogen functional groups attached to an aromatic ring is 2. The minimum Gasteiger partial charge on any atom is -0.397 e. The Morgan fingerprint density at radius 3 is 2.53 bits per heavy atom. The maximum atomic E-state index is 11.0. The summed E-state index contributed by atoms with van der Waals surface area (Å²) in [6.45, 7) is 2.13. The van der Waals surface area contributed by atoms with E-state index in [0.29, 0.717) is 12.0 Å². The minimum atomic E-state index is -0.444. The average molecular weight is 237 g/mol. The van der Waals surface area contributed by atoms with E-state index >= 15 is 0 Å². The zero-order valence-electron chi connectivity index (χ0n) is 10.1. The molecule has 17 heavy (non-hydrogen) atoms. The van der Waals surface area contributed by atoms with E-state index in [-0.39, 0.29) is 17.1 Å². The molecule has 1 aromatic rings. The van der Waals surface area contributed by atoms with Gasteiger partial charge < -0.3 is 11.5 Å². The fourth-order valence-corrected chi connectivity index (χ4v) is 1.83. The number of anilines is 2. The van der Waals surface area contributed by atoms with E-state index in [9.17, 15) is 10.1 Å². The van der Waals surface area contributed by atoms with Crippen molar-refractivity contribution in [1.82, 2.24) is 0 Å². The van der Waals surface area contributed by atoms with E-state index in [1.54, 1.807) is 12.1 Å². The number of aryl methyl sites for hydroxylation is 1. The van der Waals surface area contributed by atoms with Crippen molar-refractivity contribution in [2.24, 2.45) is 0 Å². The molecule has 0 fully saturated rings. The van der Waals surface area contributed by atoms with E-state index in [1.807, 2.05) is 0 Å². The van der Waals surface area contributed by atoms with Crippen molar-refractivity contribution >= 4 is 17.1 Å². The van der Waals surface area contributed by atoms with Crippen LogP contribution in [0, 0.1) is 10.1 Å². The third-order valence-corrected chi connectivity index (χ3v) is 2.82. The van der Waals surface area contributed by atoms with Gasteiger partial charge in [0.1, 0.15) is 5.69 Å². The van der Waals surface area contributed by atoms with Crippen LogP contribution < -0.4 is 11.5 Å². The van der Waals surface area contributed by atoms with Gasteiger partial charge in [-0.05, 0) is 25.0 Å². The number of hydrogen-bond donors (Lipinski definition) is 2. The molecule has 4 N–H and O–H groups in total. The molecule has 0 unspecified atom stereocenters. The predicted octanol–water partition coefficient (Wildman–Crippen LogP) is 2.88. The summed E-state index contributed by atoms with van der Waals surface area (Å²) in [5.41, 5.74) is 12.2. The first kappa shape index (κ1) is 13.3. The number of nitro groups is 1. The van der Waals surface area contributed by atoms with Crippen molar-refractivity contribution in [3.8, 4) is 0 Å². The topological polar surface area (TPSA) is 95.2 Å². The lowest BCUT2D eigenvalue weighted by atomic mass is 10.0. The van der Waals surface area contributed by atoms with Crippen LogP contribution in [0.3, 0.4) is 0 Å². The van der Waals surface area contributed by atoms with Crippen LogP contribution >= 0.6 is 0 Å². The number of nitrogens with zero attached hydrogens (tertiary/aromatic N) is 1. The van der Waals surface area contributed by atoms with E-state index in [2.05, 4.69) is 6.92 Å². The summed E-state index contributed by atoms with van der Waals surface area (Å²) in [5.74, 6) is 0. The first-order chi connectivity index (χ1) is 8.07. The molecule has 0 aromatic heterocycles. The van der Waals surface area contributed by atoms with Gasteiger partial charge in [-0.25, -0.2) is 0 Å². The van der Waals surface area contributed by atoms with Gasteiger partial charge in [0.25, 0.3) is 5.69 Å². The van der Waals surface area contributed by atoms with E-state index in [1.165, 1.54) is 0 Å². The van der Waals surface area contributed by atoms with Crippen molar-refractivity contribution in [1.29, 1.82) is 0 Å². The van der Waals surface area contributed by atoms with Gasteiger partial charge >= 0.3 is 0 Å². The van der Waals surface area contributed by atoms with Crippen LogP contribution in [-0.4, -0.2) is 4.92 Å². The molecule has 0 spiro atoms. The number of nitro benzene ring substituents is 1. The average Bonchev–Trinajstić information content (AvgIpc) is 2.28. The molecule has 0 atom stereocenters. The van der Waals surface area contributed by atoms with Gasteiger partial charge in [0, 0.05) is 5.56 Å². The van der Waals surface area contributed by atoms with Crippen LogP contribution in [0.15, 0.2) is 12.1 Å². The van der Waals surface area contributed by atoms with E-state index in [0.717, 1.165) is 25.7 Å². The summed E-state index contributed by atoms with van der Waals surface area (Å²) in [6.07, 6.45) is 5.00. The first-order valence-electron chi connectivity index (χ1n) is 5.89. The molecule has 0 bridgehead atoms. The van der Waals surface area contributed by atoms with Crippen molar-refractivity contribution in [3.63, 3.8) is 0 Å². The van der Waals surface area contributed by atoms with Crippen molar-refractivity contribution in [2.45, 2.75) is 39.0 Å². The molecule has 5 heteroatoms. The third kappa shape index (κ3) is 3.34. The fraction of sp³-hybridized carbons (Fsp3) is 0.500. The fourth-order valence-electron chi connectivity index (χ4n) is 1.83. The molecular weight excluding hydrogens is 218 g/mol. The summed E-state index contributed by atoms with van der Waals surface area (Å²) in [5, 5.41) is 11.0. The molecule has 0 saturated heterocycles. The summed E-state index contributed by atoms with van der Waals surface area (Å²) in [4.78, 5) is 10.5. The molecule has 0 radical (unpaired) electrons. The molecule has 5 nitrogen and oxygen atoms in total. The summed E-state index contributed by atoms with van der Waals surface area (Å²) >= 11 is 0. The highest BCUT2D eigenvalue weighted by molar-refractivity contribution is 5.76. The van der Waals surface area contributed by atoms with Gasteiger partial charge in [-0.1, -0.05) is 26.2 Å². The van der Waals surface area contributed by atoms with Gasteiger partial charge in [-0.15, -0.1) is 0 Å². The van der Waals surface area contributed by atoms with Crippen molar-refractivity contribution in [2.75, 3.05) is 11.5 Å². The van der Waals surface area contributed by atoms with Gasteiger partial charge in [-0.2, -0.15) is 0 Å². The Morgan fingerprint density at radius 2 is 1.94 bits per heavy atom. The van der Waals surface area contributed by atoms with Crippen LogP contribution in [0.5, 0.6) is 0 Å². The molecule has 0 amide bonds. The zero-order valence-corrected chi connectivity index (χ0v) is 10.1. The summed E-state index contributed by atoms with van der Waals surface area (Å²) in [6, 6.07) is 3.34. The monoisotopic (exact) mass is 237 g/mol. The number of nitrogens with two attached hydrogens (primary N) is 2. The third-order valence-electron chi connectivity index (χ3n) is 2.82. The molecule has 0 aliphatic rings. The Balaban J connectivity index is 2.84. The van der Waals surface area contributed by atoms with Gasteiger partial charge in [0.15, 0.2) is 0 Å². The molecule has 1 aromatic carbocycles. The SMILES string of the molecule is CCCCCCc1ccc(N)c(N)c1[N+](=O)[O-]. The van der Waals surface area contributed by atoms with Crippen LogP contribution in [0.1, 0.15) is 38.2 Å². The van der Waals surface area contributed by atoms with E-state index in [4.69, 9.17) is 11.5 Å². The lowest BCUT2D eigenvalue weighted by Crippen LogP contribution is -2.04. The lowest BCUT2D eigenvalue weighted by molar-refractivity contribution is -0.384. The molecule has 0 heterocycles. The second kappa shape index (κ2) is 6.08. The van der Waals surface area contributed by atoms with E-state index < -0.39 is 4.92 Å². The zero-order chi connectivity index (χ0) is 12.8. The maximum Gasteiger partial charge on any atom is 0.297 e. The molecule has 0 aliphatic heterocycles. The smallest absolute Gasteiger partial charge is 0.297 e. The van der Waals surface area contributed by atoms with Gasteiger partial charge in [0.2, 0.25) is 0 Å². The Labute approximate surface area is 101 Å². The summed E-state index contributed by atoms with van der Waals surface area (Å²) in [7, 11) is 0. The second-order valence-corrected chi connectivity index (χ2v) is 4.14. The minimum absolute atomic E-state index is 0.0264. The van der Waals surface area contributed by atoms with Gasteiger partial charge in [0.05, 0.1) is 10.6 Å². The lowest BCUT2D eigenvalue weighted by Gasteiger charge is -2.07. The molecule has 0 saturated carbocycles. The predicted molar refractivity (Wildman–Crippen MR) is 69.8 cm³/mol. The number of hydrogen-bond acceptors (Lipinski definition) is 4. The summed E-state index contributed by atoms with van der Waals surface area (Å²) < 4.78 is 0. The maximum absolute atomic E-state index is 11.0. The first-order valence-corrected chi connectivity index (χ1v) is 5.89. The highest BCUT2D eigenvalue weighted by atomic mass is 16.6. The highest BCUT2D eigenvalue weighted by Crippen LogP contribution is 2.32. The Hall–Kier alpha value is -1.78. The quantitative estimate of drug-likeness (QED) is 0.344. The number of benzene rings is 1. The van der Waals surface area contributed by atoms with Crippen LogP contribution in [0.25, 0.3) is 0 Å². The molecule has 1 rings (SSSR count). The normalized spacial score (nSPS) is 10.4. The Bertz CT molecular complexity index is 405. The second-order valence-electron chi connectivity index (χ2n) is 4.14. The molecule has 94 valence electrons. The molecular formula is C12H19N3O2. The molecule has 0 aliphatic carbocycles. The number of rotatable bonds is 6. The largest absolute Gasteiger partial charge is 0.397 e. The van der Waals surface area contributed by atoms with Crippen LogP contribution in [0.4, 0.5) is 17.1 Å². The van der Waals surface area contributed by atoms with Crippen molar-refractivity contribution in [3.05, 3.63) is 27.8 Å².